The van der Waals surface area contributed by atoms with Crippen molar-refractivity contribution in [3.63, 3.8) is 0 Å². The van der Waals surface area contributed by atoms with E-state index in [1.165, 1.54) is 18.2 Å². The van der Waals surface area contributed by atoms with Crippen molar-refractivity contribution in [2.45, 2.75) is 4.90 Å². The molecule has 0 radical (unpaired) electrons. The molecule has 104 valence electrons. The van der Waals surface area contributed by atoms with Crippen molar-refractivity contribution < 1.29 is 13.2 Å². The highest BCUT2D eigenvalue weighted by molar-refractivity contribution is 7.89. The highest BCUT2D eigenvalue weighted by atomic mass is 35.5. The normalized spacial score (nSPS) is 11.1. The molecule has 1 amide bonds. The molecule has 0 aliphatic carbocycles. The maximum atomic E-state index is 11.9. The SMILES string of the molecule is O=C(NNS(=O)(=O)c1ccccc1)c1ccccc1Cl. The van der Waals surface area contributed by atoms with Crippen LogP contribution in [0, 0.1) is 0 Å². The van der Waals surface area contributed by atoms with Crippen molar-refractivity contribution in [3.8, 4) is 0 Å². The average molecular weight is 311 g/mol. The van der Waals surface area contributed by atoms with Crippen LogP contribution in [0.15, 0.2) is 59.5 Å². The second-order valence-electron chi connectivity index (χ2n) is 3.85. The number of sulfonamides is 1. The summed E-state index contributed by atoms with van der Waals surface area (Å²) in [6.07, 6.45) is 0. The molecular weight excluding hydrogens is 300 g/mol. The zero-order valence-corrected chi connectivity index (χ0v) is 11.8. The molecule has 0 aromatic heterocycles. The maximum absolute atomic E-state index is 11.9. The number of nitrogens with one attached hydrogen (secondary N) is 2. The molecule has 0 heterocycles. The second-order valence-corrected chi connectivity index (χ2v) is 5.94. The van der Waals surface area contributed by atoms with Crippen LogP contribution < -0.4 is 10.3 Å². The summed E-state index contributed by atoms with van der Waals surface area (Å²) in [5, 5.41) is 0.240. The molecule has 2 N–H and O–H groups in total. The average Bonchev–Trinajstić information content (AvgIpc) is 2.46. The van der Waals surface area contributed by atoms with Gasteiger partial charge in [-0.3, -0.25) is 10.2 Å². The van der Waals surface area contributed by atoms with Crippen molar-refractivity contribution >= 4 is 27.5 Å². The van der Waals surface area contributed by atoms with Gasteiger partial charge in [0.25, 0.3) is 15.9 Å². The molecule has 20 heavy (non-hydrogen) atoms. The summed E-state index contributed by atoms with van der Waals surface area (Å²) >= 11 is 5.85. The lowest BCUT2D eigenvalue weighted by Crippen LogP contribution is -2.41. The first-order valence-electron chi connectivity index (χ1n) is 5.62. The second kappa shape index (κ2) is 6.04. The number of halogens is 1. The van der Waals surface area contributed by atoms with Gasteiger partial charge in [-0.25, -0.2) is 8.42 Å². The summed E-state index contributed by atoms with van der Waals surface area (Å²) in [7, 11) is -3.80. The van der Waals surface area contributed by atoms with Crippen molar-refractivity contribution in [3.05, 3.63) is 65.2 Å². The standard InChI is InChI=1S/C13H11ClN2O3S/c14-12-9-5-4-8-11(12)13(17)15-16-20(18,19)10-6-2-1-3-7-10/h1-9,16H,(H,15,17). The Labute approximate surface area is 121 Å². The molecule has 5 nitrogen and oxygen atoms in total. The number of benzene rings is 2. The number of hydrogen-bond acceptors (Lipinski definition) is 3. The number of hydrogen-bond donors (Lipinski definition) is 2. The van der Waals surface area contributed by atoms with Crippen LogP contribution in [-0.2, 0) is 10.0 Å². The van der Waals surface area contributed by atoms with Gasteiger partial charge in [0.15, 0.2) is 0 Å². The highest BCUT2D eigenvalue weighted by Crippen LogP contribution is 2.14. The summed E-state index contributed by atoms with van der Waals surface area (Å²) in [5.74, 6) is -0.630. The molecule has 0 spiro atoms. The summed E-state index contributed by atoms with van der Waals surface area (Å²) in [6.45, 7) is 0. The van der Waals surface area contributed by atoms with Gasteiger partial charge in [-0.05, 0) is 24.3 Å². The van der Waals surface area contributed by atoms with Gasteiger partial charge in [-0.15, -0.1) is 4.83 Å². The molecular formula is C13H11ClN2O3S. The minimum Gasteiger partial charge on any atom is -0.273 e. The van der Waals surface area contributed by atoms with Crippen LogP contribution in [0.1, 0.15) is 10.4 Å². The lowest BCUT2D eigenvalue weighted by Gasteiger charge is -2.09. The molecule has 0 saturated carbocycles. The largest absolute Gasteiger partial charge is 0.273 e. The first-order valence-corrected chi connectivity index (χ1v) is 7.48. The Bertz CT molecular complexity index is 717. The van der Waals surface area contributed by atoms with E-state index in [4.69, 9.17) is 11.6 Å². The third kappa shape index (κ3) is 3.36. The van der Waals surface area contributed by atoms with E-state index in [1.54, 1.807) is 36.4 Å². The van der Waals surface area contributed by atoms with Crippen molar-refractivity contribution in [2.75, 3.05) is 0 Å². The van der Waals surface area contributed by atoms with Crippen LogP contribution in [0.5, 0.6) is 0 Å². The molecule has 2 aromatic rings. The van der Waals surface area contributed by atoms with Crippen LogP contribution >= 0.6 is 11.6 Å². The molecule has 2 aromatic carbocycles. The van der Waals surface area contributed by atoms with Gasteiger partial charge < -0.3 is 0 Å². The van der Waals surface area contributed by atoms with Crippen LogP contribution in [0.3, 0.4) is 0 Å². The molecule has 0 saturated heterocycles. The number of amides is 1. The topological polar surface area (TPSA) is 75.3 Å². The zero-order valence-electron chi connectivity index (χ0n) is 10.2. The van der Waals surface area contributed by atoms with Crippen molar-refractivity contribution in [2.24, 2.45) is 0 Å². The Kier molecular flexibility index (Phi) is 4.39. The monoisotopic (exact) mass is 310 g/mol. The van der Waals surface area contributed by atoms with E-state index >= 15 is 0 Å². The predicted molar refractivity (Wildman–Crippen MR) is 75.7 cm³/mol. The predicted octanol–water partition coefficient (Wildman–Crippen LogP) is 1.96. The van der Waals surface area contributed by atoms with E-state index < -0.39 is 15.9 Å². The number of carbonyl (C=O) groups is 1. The molecule has 0 fully saturated rings. The van der Waals surface area contributed by atoms with Gasteiger partial charge in [0.2, 0.25) is 0 Å². The molecule has 0 bridgehead atoms. The highest BCUT2D eigenvalue weighted by Gasteiger charge is 2.16. The van der Waals surface area contributed by atoms with Crippen LogP contribution in [-0.4, -0.2) is 14.3 Å². The van der Waals surface area contributed by atoms with Gasteiger partial charge in [-0.1, -0.05) is 41.9 Å². The maximum Gasteiger partial charge on any atom is 0.267 e. The van der Waals surface area contributed by atoms with E-state index in [1.807, 2.05) is 4.83 Å². The Morgan fingerprint density at radius 2 is 1.55 bits per heavy atom. The minimum atomic E-state index is -3.80. The van der Waals surface area contributed by atoms with Crippen molar-refractivity contribution in [1.29, 1.82) is 0 Å². The summed E-state index contributed by atoms with van der Waals surface area (Å²) < 4.78 is 23.8. The van der Waals surface area contributed by atoms with Gasteiger partial charge in [0, 0.05) is 0 Å². The summed E-state index contributed by atoms with van der Waals surface area (Å²) in [4.78, 5) is 13.9. The van der Waals surface area contributed by atoms with Gasteiger partial charge >= 0.3 is 0 Å². The zero-order chi connectivity index (χ0) is 14.6. The summed E-state index contributed by atoms with van der Waals surface area (Å²) in [5.41, 5.74) is 2.30. The quantitative estimate of drug-likeness (QED) is 0.848. The molecule has 0 atom stereocenters. The molecule has 0 aliphatic heterocycles. The molecule has 0 aliphatic rings. The van der Waals surface area contributed by atoms with E-state index in [2.05, 4.69) is 5.43 Å². The van der Waals surface area contributed by atoms with E-state index in [0.29, 0.717) is 0 Å². The molecule has 0 unspecified atom stereocenters. The lowest BCUT2D eigenvalue weighted by atomic mass is 10.2. The van der Waals surface area contributed by atoms with Crippen molar-refractivity contribution in [1.82, 2.24) is 10.3 Å². The van der Waals surface area contributed by atoms with Crippen LogP contribution in [0.2, 0.25) is 5.02 Å². The number of carbonyl (C=O) groups excluding carboxylic acids is 1. The first-order chi connectivity index (χ1) is 9.50. The van der Waals surface area contributed by atoms with Gasteiger partial charge in [0.05, 0.1) is 15.5 Å². The Morgan fingerprint density at radius 3 is 2.20 bits per heavy atom. The lowest BCUT2D eigenvalue weighted by molar-refractivity contribution is 0.0945. The van der Waals surface area contributed by atoms with Gasteiger partial charge in [0.1, 0.15) is 0 Å². The number of hydrazine groups is 1. The smallest absolute Gasteiger partial charge is 0.267 e. The third-order valence-electron chi connectivity index (χ3n) is 2.47. The fraction of sp³-hybridized carbons (Fsp3) is 0. The third-order valence-corrected chi connectivity index (χ3v) is 4.06. The Hall–Kier alpha value is -1.89. The fourth-order valence-electron chi connectivity index (χ4n) is 1.48. The Balaban J connectivity index is 2.10. The van der Waals surface area contributed by atoms with E-state index in [0.717, 1.165) is 0 Å². The Morgan fingerprint density at radius 1 is 0.950 bits per heavy atom. The first kappa shape index (κ1) is 14.5. The summed E-state index contributed by atoms with van der Waals surface area (Å²) in [6, 6.07) is 14.1. The molecule has 7 heteroatoms. The van der Waals surface area contributed by atoms with Crippen LogP contribution in [0.25, 0.3) is 0 Å². The van der Waals surface area contributed by atoms with E-state index in [9.17, 15) is 13.2 Å². The fourth-order valence-corrected chi connectivity index (χ4v) is 2.57. The van der Waals surface area contributed by atoms with Crippen LogP contribution in [0.4, 0.5) is 0 Å². The number of rotatable bonds is 4. The van der Waals surface area contributed by atoms with E-state index in [-0.39, 0.29) is 15.5 Å². The molecule has 2 rings (SSSR count). The van der Waals surface area contributed by atoms with Gasteiger partial charge in [-0.2, -0.15) is 0 Å². The minimum absolute atomic E-state index is 0.0551.